The Bertz CT molecular complexity index is 251. The molecule has 1 saturated heterocycles. The van der Waals surface area contributed by atoms with Crippen molar-refractivity contribution >= 4 is 11.9 Å². The molecule has 0 aromatic rings. The minimum Gasteiger partial charge on any atom is -0.480 e. The summed E-state index contributed by atoms with van der Waals surface area (Å²) in [6.45, 7) is 3.37. The highest BCUT2D eigenvalue weighted by atomic mass is 16.5. The molecule has 1 aliphatic heterocycles. The molecule has 1 unspecified atom stereocenters. The van der Waals surface area contributed by atoms with Crippen LogP contribution >= 0.6 is 0 Å². The van der Waals surface area contributed by atoms with Crippen molar-refractivity contribution in [2.45, 2.75) is 31.8 Å². The van der Waals surface area contributed by atoms with Crippen LogP contribution in [0.1, 0.15) is 19.8 Å². The van der Waals surface area contributed by atoms with Crippen LogP contribution in [-0.4, -0.2) is 48.8 Å². The number of aliphatic carboxylic acids is 1. The van der Waals surface area contributed by atoms with Crippen molar-refractivity contribution in [1.82, 2.24) is 10.6 Å². The van der Waals surface area contributed by atoms with Gasteiger partial charge < -0.3 is 20.5 Å². The topological polar surface area (TPSA) is 87.7 Å². The molecule has 1 rings (SSSR count). The van der Waals surface area contributed by atoms with Crippen LogP contribution in [0.3, 0.4) is 0 Å². The maximum absolute atomic E-state index is 11.7. The number of carboxylic acid groups (broad SMARTS) is 1. The molecule has 6 nitrogen and oxygen atoms in total. The van der Waals surface area contributed by atoms with E-state index in [1.807, 2.05) is 6.92 Å². The summed E-state index contributed by atoms with van der Waals surface area (Å²) < 4.78 is 5.13. The van der Waals surface area contributed by atoms with E-state index in [0.29, 0.717) is 32.6 Å². The molecule has 0 aromatic heterocycles. The Balaban J connectivity index is 2.43. The zero-order chi connectivity index (χ0) is 12.0. The fourth-order valence-electron chi connectivity index (χ4n) is 1.55. The van der Waals surface area contributed by atoms with Gasteiger partial charge in [0.05, 0.1) is 13.2 Å². The van der Waals surface area contributed by atoms with E-state index in [2.05, 4.69) is 10.6 Å². The van der Waals surface area contributed by atoms with Gasteiger partial charge in [-0.3, -0.25) is 4.79 Å². The second kappa shape index (κ2) is 6.44. The highest BCUT2D eigenvalue weighted by molar-refractivity contribution is 5.87. The van der Waals surface area contributed by atoms with Gasteiger partial charge in [-0.2, -0.15) is 0 Å². The molecule has 0 spiro atoms. The number of hydrogen-bond acceptors (Lipinski definition) is 4. The van der Waals surface area contributed by atoms with Crippen LogP contribution < -0.4 is 10.6 Å². The SMILES string of the molecule is CCC[C@@H](NC(=O)C1COCCN1)C(=O)O. The van der Waals surface area contributed by atoms with Gasteiger partial charge in [-0.15, -0.1) is 0 Å². The Kier molecular flexibility index (Phi) is 5.21. The number of amides is 1. The molecular formula is C10H18N2O4. The van der Waals surface area contributed by atoms with Crippen molar-refractivity contribution in [3.63, 3.8) is 0 Å². The van der Waals surface area contributed by atoms with Crippen LogP contribution in [0.25, 0.3) is 0 Å². The van der Waals surface area contributed by atoms with Gasteiger partial charge in [-0.05, 0) is 6.42 Å². The third kappa shape index (κ3) is 3.79. The van der Waals surface area contributed by atoms with Gasteiger partial charge >= 0.3 is 5.97 Å². The summed E-state index contributed by atoms with van der Waals surface area (Å²) in [5, 5.41) is 14.4. The average molecular weight is 230 g/mol. The van der Waals surface area contributed by atoms with Gasteiger partial charge in [0.25, 0.3) is 0 Å². The Morgan fingerprint density at radius 2 is 2.38 bits per heavy atom. The minimum absolute atomic E-state index is 0.296. The first-order valence-electron chi connectivity index (χ1n) is 5.49. The number of carbonyl (C=O) groups excluding carboxylic acids is 1. The number of rotatable bonds is 5. The molecule has 2 atom stereocenters. The van der Waals surface area contributed by atoms with Crippen molar-refractivity contribution < 1.29 is 19.4 Å². The smallest absolute Gasteiger partial charge is 0.326 e. The van der Waals surface area contributed by atoms with E-state index < -0.39 is 18.1 Å². The summed E-state index contributed by atoms with van der Waals surface area (Å²) in [7, 11) is 0. The third-order valence-electron chi connectivity index (χ3n) is 2.43. The van der Waals surface area contributed by atoms with E-state index in [-0.39, 0.29) is 5.91 Å². The number of carboxylic acids is 1. The second-order valence-electron chi connectivity index (χ2n) is 3.77. The quantitative estimate of drug-likeness (QED) is 0.584. The van der Waals surface area contributed by atoms with E-state index in [9.17, 15) is 9.59 Å². The molecule has 0 aromatic carbocycles. The van der Waals surface area contributed by atoms with E-state index in [4.69, 9.17) is 9.84 Å². The number of nitrogens with one attached hydrogen (secondary N) is 2. The molecule has 0 radical (unpaired) electrons. The van der Waals surface area contributed by atoms with Crippen LogP contribution in [0, 0.1) is 0 Å². The van der Waals surface area contributed by atoms with Crippen LogP contribution in [0.5, 0.6) is 0 Å². The third-order valence-corrected chi connectivity index (χ3v) is 2.43. The van der Waals surface area contributed by atoms with Crippen LogP contribution in [0.2, 0.25) is 0 Å². The number of carbonyl (C=O) groups is 2. The van der Waals surface area contributed by atoms with Crippen molar-refractivity contribution in [1.29, 1.82) is 0 Å². The Labute approximate surface area is 94.3 Å². The lowest BCUT2D eigenvalue weighted by Crippen LogP contribution is -2.54. The summed E-state index contributed by atoms with van der Waals surface area (Å²) in [5.41, 5.74) is 0. The molecule has 1 fully saturated rings. The Hall–Kier alpha value is -1.14. The lowest BCUT2D eigenvalue weighted by molar-refractivity contribution is -0.142. The molecule has 0 aliphatic carbocycles. The maximum atomic E-state index is 11.7. The largest absolute Gasteiger partial charge is 0.480 e. The monoisotopic (exact) mass is 230 g/mol. The average Bonchev–Trinajstić information content (AvgIpc) is 2.29. The summed E-state index contributed by atoms with van der Waals surface area (Å²) in [6, 6.07) is -1.24. The summed E-state index contributed by atoms with van der Waals surface area (Å²) in [5.74, 6) is -1.30. The highest BCUT2D eigenvalue weighted by Gasteiger charge is 2.25. The maximum Gasteiger partial charge on any atom is 0.326 e. The predicted molar refractivity (Wildman–Crippen MR) is 57.1 cm³/mol. The van der Waals surface area contributed by atoms with Gasteiger partial charge in [0, 0.05) is 6.54 Å². The summed E-state index contributed by atoms with van der Waals surface area (Å²) >= 11 is 0. The molecule has 6 heteroatoms. The van der Waals surface area contributed by atoms with E-state index in [1.165, 1.54) is 0 Å². The second-order valence-corrected chi connectivity index (χ2v) is 3.77. The number of ether oxygens (including phenoxy) is 1. The van der Waals surface area contributed by atoms with E-state index >= 15 is 0 Å². The van der Waals surface area contributed by atoms with E-state index in [0.717, 1.165) is 0 Å². The first-order chi connectivity index (χ1) is 7.65. The Morgan fingerprint density at radius 3 is 2.88 bits per heavy atom. The first kappa shape index (κ1) is 12.9. The molecule has 1 heterocycles. The molecule has 1 amide bonds. The van der Waals surface area contributed by atoms with Gasteiger partial charge in [-0.1, -0.05) is 13.3 Å². The molecule has 0 saturated carbocycles. The van der Waals surface area contributed by atoms with E-state index in [1.54, 1.807) is 0 Å². The Morgan fingerprint density at radius 1 is 1.62 bits per heavy atom. The molecular weight excluding hydrogens is 212 g/mol. The van der Waals surface area contributed by atoms with Gasteiger partial charge in [0.1, 0.15) is 12.1 Å². The van der Waals surface area contributed by atoms with Gasteiger partial charge in [-0.25, -0.2) is 4.79 Å². The summed E-state index contributed by atoms with van der Waals surface area (Å²) in [6.07, 6.45) is 1.15. The predicted octanol–water partition coefficient (Wildman–Crippen LogP) is -0.656. The molecule has 92 valence electrons. The van der Waals surface area contributed by atoms with Crippen LogP contribution in [-0.2, 0) is 14.3 Å². The first-order valence-corrected chi connectivity index (χ1v) is 5.49. The molecule has 16 heavy (non-hydrogen) atoms. The lowest BCUT2D eigenvalue weighted by Gasteiger charge is -2.24. The molecule has 3 N–H and O–H groups in total. The van der Waals surface area contributed by atoms with Crippen LogP contribution in [0.4, 0.5) is 0 Å². The molecule has 0 bridgehead atoms. The van der Waals surface area contributed by atoms with Gasteiger partial charge in [0.15, 0.2) is 0 Å². The molecule has 1 aliphatic rings. The zero-order valence-electron chi connectivity index (χ0n) is 9.36. The highest BCUT2D eigenvalue weighted by Crippen LogP contribution is 1.99. The standard InChI is InChI=1S/C10H18N2O4/c1-2-3-7(10(14)15)12-9(13)8-6-16-5-4-11-8/h7-8,11H,2-6H2,1H3,(H,12,13)(H,14,15)/t7-,8?/m1/s1. The van der Waals surface area contributed by atoms with Gasteiger partial charge in [0.2, 0.25) is 5.91 Å². The van der Waals surface area contributed by atoms with Crippen LogP contribution in [0.15, 0.2) is 0 Å². The van der Waals surface area contributed by atoms with Crippen molar-refractivity contribution in [2.24, 2.45) is 0 Å². The fourth-order valence-corrected chi connectivity index (χ4v) is 1.55. The zero-order valence-corrected chi connectivity index (χ0v) is 9.36. The lowest BCUT2D eigenvalue weighted by atomic mass is 10.1. The summed E-state index contributed by atoms with van der Waals surface area (Å²) in [4.78, 5) is 22.5. The van der Waals surface area contributed by atoms with Crippen molar-refractivity contribution in [2.75, 3.05) is 19.8 Å². The minimum atomic E-state index is -0.994. The number of hydrogen-bond donors (Lipinski definition) is 3. The fraction of sp³-hybridized carbons (Fsp3) is 0.800. The van der Waals surface area contributed by atoms with Crippen molar-refractivity contribution in [3.8, 4) is 0 Å². The van der Waals surface area contributed by atoms with Crippen molar-refractivity contribution in [3.05, 3.63) is 0 Å². The normalized spacial score (nSPS) is 22.4. The number of morpholine rings is 1.